The molecule has 0 saturated carbocycles. The third kappa shape index (κ3) is 9.37. The van der Waals surface area contributed by atoms with Gasteiger partial charge in [0.25, 0.3) is 0 Å². The lowest BCUT2D eigenvalue weighted by atomic mass is 9.92. The van der Waals surface area contributed by atoms with Gasteiger partial charge in [-0.2, -0.15) is 52.7 Å². The van der Waals surface area contributed by atoms with Crippen LogP contribution in [0.4, 0.5) is 26.3 Å². The molecule has 13 aromatic rings. The van der Waals surface area contributed by atoms with Crippen molar-refractivity contribution >= 4 is 43.6 Å². The number of hydrogen-bond acceptors (Lipinski definition) is 5. The number of benzene rings is 11. The maximum absolute atomic E-state index is 15.3. The van der Waals surface area contributed by atoms with Crippen LogP contribution in [0.1, 0.15) is 38.9 Å². The Hall–Kier alpha value is -12.0. The summed E-state index contributed by atoms with van der Waals surface area (Å²) in [5, 5.41) is 52.3. The van der Waals surface area contributed by atoms with Crippen LogP contribution in [-0.2, 0) is 12.4 Å². The van der Waals surface area contributed by atoms with Gasteiger partial charge in [0.1, 0.15) is 0 Å². The molecule has 2 heterocycles. The topological polar surface area (TPSA) is 129 Å². The molecule has 0 N–H and O–H groups in total. The lowest BCUT2D eigenvalue weighted by Crippen LogP contribution is -2.12. The standard InChI is InChI=1S/C73H37F6N7/c74-72(75,76)57-23-26-58(65(37-57)73(77,78)79)56-18-25-60(71(36-56)86-68-29-21-54(50-14-5-45(40-82)6-15-50)34-63(68)64-35-55(22-30-69(64)86)51-16-7-46(41-83)8-17-51)59-24-9-47(42-84)31-70(59)85-66-27-19-52(48-10-1-43(38-80)2-11-48)32-61(66)62-33-53(20-28-67(62)85)49-12-3-44(39-81)4-13-49/h1-37H. The number of nitriles is 5. The molecule has 0 aliphatic rings. The quantitative estimate of drug-likeness (QED) is 0.140. The monoisotopic (exact) mass is 1130 g/mol. The van der Waals surface area contributed by atoms with Crippen LogP contribution in [0, 0.1) is 56.7 Å². The number of fused-ring (bicyclic) bond motifs is 6. The maximum Gasteiger partial charge on any atom is 0.417 e. The minimum Gasteiger partial charge on any atom is -0.309 e. The first-order chi connectivity index (χ1) is 41.6. The molecule has 0 spiro atoms. The first kappa shape index (κ1) is 53.4. The first-order valence-electron chi connectivity index (χ1n) is 26.8. The number of rotatable bonds is 8. The van der Waals surface area contributed by atoms with E-state index in [0.29, 0.717) is 67.4 Å². The van der Waals surface area contributed by atoms with Crippen molar-refractivity contribution in [3.05, 3.63) is 263 Å². The largest absolute Gasteiger partial charge is 0.417 e. The lowest BCUT2D eigenvalue weighted by Gasteiger charge is -2.21. The fraction of sp³-hybridized carbons (Fsp3) is 0.0274. The Kier molecular flexibility index (Phi) is 12.9. The van der Waals surface area contributed by atoms with E-state index in [1.54, 1.807) is 78.9 Å². The maximum atomic E-state index is 15.3. The van der Waals surface area contributed by atoms with Crippen molar-refractivity contribution in [2.45, 2.75) is 12.4 Å². The van der Waals surface area contributed by atoms with Gasteiger partial charge in [-0.3, -0.25) is 0 Å². The van der Waals surface area contributed by atoms with E-state index in [4.69, 9.17) is 0 Å². The summed E-state index contributed by atoms with van der Waals surface area (Å²) in [6, 6.07) is 74.9. The zero-order chi connectivity index (χ0) is 59.6. The number of alkyl halides is 6. The highest BCUT2D eigenvalue weighted by atomic mass is 19.4. The van der Waals surface area contributed by atoms with Crippen LogP contribution in [0.5, 0.6) is 0 Å². The van der Waals surface area contributed by atoms with Crippen molar-refractivity contribution in [2.75, 3.05) is 0 Å². The molecular weight excluding hydrogens is 1090 g/mol. The van der Waals surface area contributed by atoms with E-state index >= 15 is 13.2 Å². The molecule has 0 radical (unpaired) electrons. The van der Waals surface area contributed by atoms with Crippen LogP contribution < -0.4 is 0 Å². The molecule has 86 heavy (non-hydrogen) atoms. The van der Waals surface area contributed by atoms with E-state index in [2.05, 4.69) is 42.5 Å². The molecule has 13 rings (SSSR count). The summed E-state index contributed by atoms with van der Waals surface area (Å²) in [6.45, 7) is 0. The Balaban J connectivity index is 1.12. The molecule has 0 bridgehead atoms. The minimum absolute atomic E-state index is 0.0269. The molecule has 0 amide bonds. The zero-order valence-corrected chi connectivity index (χ0v) is 44.8. The predicted octanol–water partition coefficient (Wildman–Crippen LogP) is 19.3. The average Bonchev–Trinajstić information content (AvgIpc) is 1.62. The van der Waals surface area contributed by atoms with Crippen LogP contribution in [0.3, 0.4) is 0 Å². The molecule has 0 atom stereocenters. The van der Waals surface area contributed by atoms with Gasteiger partial charge in [-0.05, 0) is 183 Å². The number of nitrogens with zero attached hydrogens (tertiary/aromatic N) is 7. The van der Waals surface area contributed by atoms with E-state index in [-0.39, 0.29) is 11.6 Å². The summed E-state index contributed by atoms with van der Waals surface area (Å²) in [7, 11) is 0. The van der Waals surface area contributed by atoms with Crippen molar-refractivity contribution in [3.8, 4) is 108 Å². The SMILES string of the molecule is N#Cc1ccc(-c2ccc3c(c2)c2cc(-c4ccc(C#N)cc4)ccc2n3-c2cc(C#N)ccc2-c2ccc(-c3ccc(C(F)(F)F)cc3C(F)(F)F)cc2-n2c3ccc(-c4ccc(C#N)cc4)cc3c3cc(-c4ccc(C#N)cc4)ccc32)cc1. The fourth-order valence-corrected chi connectivity index (χ4v) is 11.6. The van der Waals surface area contributed by atoms with Gasteiger partial charge in [0, 0.05) is 32.7 Å². The molecule has 0 fully saturated rings. The Bertz CT molecular complexity index is 4940. The molecule has 0 saturated heterocycles. The van der Waals surface area contributed by atoms with Crippen molar-refractivity contribution < 1.29 is 26.3 Å². The van der Waals surface area contributed by atoms with Gasteiger partial charge < -0.3 is 9.13 Å². The molecule has 0 aliphatic heterocycles. The van der Waals surface area contributed by atoms with Crippen LogP contribution in [-0.4, -0.2) is 9.13 Å². The first-order valence-corrected chi connectivity index (χ1v) is 26.8. The fourth-order valence-electron chi connectivity index (χ4n) is 11.6. The van der Waals surface area contributed by atoms with Gasteiger partial charge in [0.05, 0.1) is 103 Å². The van der Waals surface area contributed by atoms with Gasteiger partial charge in [0.2, 0.25) is 0 Å². The molecule has 406 valence electrons. The van der Waals surface area contributed by atoms with E-state index < -0.39 is 29.0 Å². The van der Waals surface area contributed by atoms with Gasteiger partial charge >= 0.3 is 12.4 Å². The predicted molar refractivity (Wildman–Crippen MR) is 321 cm³/mol. The summed E-state index contributed by atoms with van der Waals surface area (Å²) in [5.74, 6) is 0. The zero-order valence-electron chi connectivity index (χ0n) is 44.8. The second-order valence-corrected chi connectivity index (χ2v) is 20.7. The lowest BCUT2D eigenvalue weighted by molar-refractivity contribution is -0.142. The number of halogens is 6. The molecule has 11 aromatic carbocycles. The molecular formula is C73H37F6N7. The molecule has 0 unspecified atom stereocenters. The van der Waals surface area contributed by atoms with E-state index in [1.165, 1.54) is 6.07 Å². The van der Waals surface area contributed by atoms with Crippen LogP contribution in [0.2, 0.25) is 0 Å². The minimum atomic E-state index is -5.21. The second-order valence-electron chi connectivity index (χ2n) is 20.7. The van der Waals surface area contributed by atoms with Gasteiger partial charge in [-0.1, -0.05) is 97.1 Å². The number of aromatic nitrogens is 2. The Morgan fingerprint density at radius 2 is 0.547 bits per heavy atom. The Morgan fingerprint density at radius 3 is 0.872 bits per heavy atom. The summed E-state index contributed by atoms with van der Waals surface area (Å²) in [6.07, 6.45) is -10.3. The second kappa shape index (κ2) is 20.8. The molecule has 0 aliphatic carbocycles. The van der Waals surface area contributed by atoms with Crippen molar-refractivity contribution in [1.82, 2.24) is 9.13 Å². The van der Waals surface area contributed by atoms with E-state index in [9.17, 15) is 39.5 Å². The smallest absolute Gasteiger partial charge is 0.309 e. The van der Waals surface area contributed by atoms with E-state index in [1.807, 2.05) is 118 Å². The van der Waals surface area contributed by atoms with Gasteiger partial charge in [-0.25, -0.2) is 0 Å². The Morgan fingerprint density at radius 1 is 0.256 bits per heavy atom. The van der Waals surface area contributed by atoms with Crippen molar-refractivity contribution in [1.29, 1.82) is 26.3 Å². The highest BCUT2D eigenvalue weighted by Gasteiger charge is 2.39. The van der Waals surface area contributed by atoms with E-state index in [0.717, 1.165) is 83.2 Å². The summed E-state index contributed by atoms with van der Waals surface area (Å²) >= 11 is 0. The highest BCUT2D eigenvalue weighted by molar-refractivity contribution is 6.14. The highest BCUT2D eigenvalue weighted by Crippen LogP contribution is 2.47. The third-order valence-electron chi connectivity index (χ3n) is 15.8. The van der Waals surface area contributed by atoms with Crippen LogP contribution >= 0.6 is 0 Å². The van der Waals surface area contributed by atoms with Crippen LogP contribution in [0.25, 0.3) is 122 Å². The number of hydrogen-bond donors (Lipinski definition) is 0. The van der Waals surface area contributed by atoms with Gasteiger partial charge in [-0.15, -0.1) is 0 Å². The summed E-state index contributed by atoms with van der Waals surface area (Å²) < 4.78 is 92.5. The van der Waals surface area contributed by atoms with Crippen molar-refractivity contribution in [3.63, 3.8) is 0 Å². The molecule has 7 nitrogen and oxygen atoms in total. The normalized spacial score (nSPS) is 11.5. The van der Waals surface area contributed by atoms with Crippen LogP contribution in [0.15, 0.2) is 224 Å². The average molecular weight is 1130 g/mol. The Labute approximate surface area is 487 Å². The third-order valence-corrected chi connectivity index (χ3v) is 15.8. The van der Waals surface area contributed by atoms with Crippen molar-refractivity contribution in [2.24, 2.45) is 0 Å². The molecule has 2 aromatic heterocycles. The molecule has 13 heteroatoms. The summed E-state index contributed by atoms with van der Waals surface area (Å²) in [5.41, 5.74) is 10.0. The van der Waals surface area contributed by atoms with Gasteiger partial charge in [0.15, 0.2) is 0 Å². The summed E-state index contributed by atoms with van der Waals surface area (Å²) in [4.78, 5) is 0.